The Hall–Kier alpha value is -0.0800. The summed E-state index contributed by atoms with van der Waals surface area (Å²) in [4.78, 5) is 0. The van der Waals surface area contributed by atoms with Crippen LogP contribution in [-0.4, -0.2) is 12.3 Å². The van der Waals surface area contributed by atoms with Crippen molar-refractivity contribution in [1.29, 1.82) is 0 Å². The van der Waals surface area contributed by atoms with Crippen molar-refractivity contribution >= 4 is 0 Å². The maximum atomic E-state index is 6.07. The molecule has 1 aliphatic heterocycles. The Morgan fingerprint density at radius 1 is 1.55 bits per heavy atom. The minimum Gasteiger partial charge on any atom is -0.361 e. The quantitative estimate of drug-likeness (QED) is 0.679. The highest BCUT2D eigenvalue weighted by Gasteiger charge is 2.38. The Kier molecular flexibility index (Phi) is 2.90. The van der Waals surface area contributed by atoms with Crippen molar-refractivity contribution in [3.63, 3.8) is 0 Å². The van der Waals surface area contributed by atoms with Crippen LogP contribution in [0.1, 0.15) is 39.5 Å². The van der Waals surface area contributed by atoms with Gasteiger partial charge >= 0.3 is 0 Å². The summed E-state index contributed by atoms with van der Waals surface area (Å²) in [5.41, 5.74) is 5.77. The van der Waals surface area contributed by atoms with E-state index in [1.807, 2.05) is 0 Å². The van der Waals surface area contributed by atoms with E-state index in [9.17, 15) is 0 Å². The van der Waals surface area contributed by atoms with Gasteiger partial charge < -0.3 is 10.5 Å². The fourth-order valence-electron chi connectivity index (χ4n) is 1.88. The average molecular weight is 157 g/mol. The first kappa shape index (κ1) is 9.01. The number of hydrogen-bond donors (Lipinski definition) is 1. The molecule has 66 valence electrons. The summed E-state index contributed by atoms with van der Waals surface area (Å²) < 4.78 is 5.53. The van der Waals surface area contributed by atoms with Gasteiger partial charge in [0.2, 0.25) is 0 Å². The molecule has 2 heteroatoms. The normalized spacial score (nSPS) is 37.9. The molecular formula is C9H19NO. The van der Waals surface area contributed by atoms with E-state index < -0.39 is 0 Å². The first-order chi connectivity index (χ1) is 5.23. The van der Waals surface area contributed by atoms with E-state index in [0.29, 0.717) is 5.92 Å². The van der Waals surface area contributed by atoms with Gasteiger partial charge in [-0.2, -0.15) is 0 Å². The van der Waals surface area contributed by atoms with Crippen LogP contribution in [0.4, 0.5) is 0 Å². The van der Waals surface area contributed by atoms with Crippen molar-refractivity contribution in [2.75, 3.05) is 6.61 Å². The Labute approximate surface area is 69.1 Å². The van der Waals surface area contributed by atoms with E-state index in [-0.39, 0.29) is 5.72 Å². The summed E-state index contributed by atoms with van der Waals surface area (Å²) in [6.45, 7) is 5.16. The smallest absolute Gasteiger partial charge is 0.119 e. The first-order valence-electron chi connectivity index (χ1n) is 4.65. The molecule has 1 fully saturated rings. The lowest BCUT2D eigenvalue weighted by Gasteiger charge is -2.28. The zero-order chi connectivity index (χ0) is 8.32. The van der Waals surface area contributed by atoms with Gasteiger partial charge in [0, 0.05) is 12.5 Å². The molecule has 0 aromatic heterocycles. The molecule has 1 aliphatic rings. The van der Waals surface area contributed by atoms with Gasteiger partial charge in [0.05, 0.1) is 0 Å². The van der Waals surface area contributed by atoms with Crippen LogP contribution >= 0.6 is 0 Å². The molecule has 0 spiro atoms. The lowest BCUT2D eigenvalue weighted by atomic mass is 9.90. The molecule has 1 heterocycles. The van der Waals surface area contributed by atoms with Gasteiger partial charge in [-0.25, -0.2) is 0 Å². The van der Waals surface area contributed by atoms with Crippen molar-refractivity contribution in [3.8, 4) is 0 Å². The predicted octanol–water partition coefficient (Wildman–Crippen LogP) is 1.89. The van der Waals surface area contributed by atoms with Crippen molar-refractivity contribution in [1.82, 2.24) is 0 Å². The minimum absolute atomic E-state index is 0.296. The molecule has 0 aromatic rings. The molecule has 0 saturated carbocycles. The molecule has 2 unspecified atom stereocenters. The highest BCUT2D eigenvalue weighted by molar-refractivity contribution is 4.85. The SMILES string of the molecule is CCCC1CCOC1(N)CC. The number of ether oxygens (including phenoxy) is 1. The molecule has 0 amide bonds. The zero-order valence-electron chi connectivity index (χ0n) is 7.60. The molecule has 0 bridgehead atoms. The standard InChI is InChI=1S/C9H19NO/c1-3-5-8-6-7-11-9(8,10)4-2/h8H,3-7,10H2,1-2H3. The van der Waals surface area contributed by atoms with E-state index in [1.165, 1.54) is 12.8 Å². The van der Waals surface area contributed by atoms with Gasteiger partial charge in [0.1, 0.15) is 5.72 Å². The van der Waals surface area contributed by atoms with Crippen LogP contribution in [-0.2, 0) is 4.74 Å². The first-order valence-corrected chi connectivity index (χ1v) is 4.65. The predicted molar refractivity (Wildman–Crippen MR) is 46.2 cm³/mol. The fourth-order valence-corrected chi connectivity index (χ4v) is 1.88. The molecule has 2 nitrogen and oxygen atoms in total. The van der Waals surface area contributed by atoms with Crippen molar-refractivity contribution in [2.24, 2.45) is 11.7 Å². The molecule has 1 rings (SSSR count). The van der Waals surface area contributed by atoms with Crippen LogP contribution in [0.3, 0.4) is 0 Å². The van der Waals surface area contributed by atoms with Crippen LogP contribution in [0.15, 0.2) is 0 Å². The fraction of sp³-hybridized carbons (Fsp3) is 1.00. The van der Waals surface area contributed by atoms with Crippen LogP contribution in [0.25, 0.3) is 0 Å². The molecule has 0 aromatic carbocycles. The van der Waals surface area contributed by atoms with Gasteiger partial charge in [0.25, 0.3) is 0 Å². The van der Waals surface area contributed by atoms with Crippen LogP contribution in [0, 0.1) is 5.92 Å². The third-order valence-electron chi connectivity index (χ3n) is 2.72. The van der Waals surface area contributed by atoms with E-state index in [1.54, 1.807) is 0 Å². The Balaban J connectivity index is 2.49. The minimum atomic E-state index is -0.296. The van der Waals surface area contributed by atoms with Gasteiger partial charge in [-0.1, -0.05) is 20.3 Å². The maximum absolute atomic E-state index is 6.07. The monoisotopic (exact) mass is 157 g/mol. The molecule has 11 heavy (non-hydrogen) atoms. The average Bonchev–Trinajstić information content (AvgIpc) is 2.35. The largest absolute Gasteiger partial charge is 0.361 e. The number of rotatable bonds is 3. The van der Waals surface area contributed by atoms with Gasteiger partial charge in [-0.05, 0) is 19.3 Å². The Bertz CT molecular complexity index is 127. The maximum Gasteiger partial charge on any atom is 0.119 e. The molecule has 0 radical (unpaired) electrons. The van der Waals surface area contributed by atoms with Crippen molar-refractivity contribution in [2.45, 2.75) is 45.3 Å². The highest BCUT2D eigenvalue weighted by atomic mass is 16.5. The van der Waals surface area contributed by atoms with Crippen molar-refractivity contribution < 1.29 is 4.74 Å². The third-order valence-corrected chi connectivity index (χ3v) is 2.72. The summed E-state index contributed by atoms with van der Waals surface area (Å²) in [7, 11) is 0. The van der Waals surface area contributed by atoms with Gasteiger partial charge in [-0.3, -0.25) is 0 Å². The second-order valence-corrected chi connectivity index (χ2v) is 3.43. The zero-order valence-corrected chi connectivity index (χ0v) is 7.60. The highest BCUT2D eigenvalue weighted by Crippen LogP contribution is 2.33. The van der Waals surface area contributed by atoms with E-state index in [4.69, 9.17) is 10.5 Å². The molecule has 0 aliphatic carbocycles. The molecule has 1 saturated heterocycles. The van der Waals surface area contributed by atoms with Gasteiger partial charge in [-0.15, -0.1) is 0 Å². The van der Waals surface area contributed by atoms with E-state index >= 15 is 0 Å². The van der Waals surface area contributed by atoms with Gasteiger partial charge in [0.15, 0.2) is 0 Å². The Morgan fingerprint density at radius 3 is 2.82 bits per heavy atom. The second kappa shape index (κ2) is 3.55. The lowest BCUT2D eigenvalue weighted by Crippen LogP contribution is -2.44. The summed E-state index contributed by atoms with van der Waals surface area (Å²) in [5.74, 6) is 0.595. The molecule has 2 atom stereocenters. The summed E-state index contributed by atoms with van der Waals surface area (Å²) in [6.07, 6.45) is 4.52. The molecule has 2 N–H and O–H groups in total. The van der Waals surface area contributed by atoms with Crippen LogP contribution < -0.4 is 5.73 Å². The van der Waals surface area contributed by atoms with Crippen LogP contribution in [0.2, 0.25) is 0 Å². The number of hydrogen-bond acceptors (Lipinski definition) is 2. The summed E-state index contributed by atoms with van der Waals surface area (Å²) in [5, 5.41) is 0. The molecular weight excluding hydrogens is 138 g/mol. The summed E-state index contributed by atoms with van der Waals surface area (Å²) in [6, 6.07) is 0. The number of nitrogens with two attached hydrogens (primary N) is 1. The lowest BCUT2D eigenvalue weighted by molar-refractivity contribution is -0.0215. The van der Waals surface area contributed by atoms with E-state index in [2.05, 4.69) is 13.8 Å². The van der Waals surface area contributed by atoms with Crippen LogP contribution in [0.5, 0.6) is 0 Å². The summed E-state index contributed by atoms with van der Waals surface area (Å²) >= 11 is 0. The van der Waals surface area contributed by atoms with E-state index in [0.717, 1.165) is 19.4 Å². The third kappa shape index (κ3) is 1.74. The van der Waals surface area contributed by atoms with Crippen molar-refractivity contribution in [3.05, 3.63) is 0 Å². The second-order valence-electron chi connectivity index (χ2n) is 3.43. The Morgan fingerprint density at radius 2 is 2.27 bits per heavy atom. The topological polar surface area (TPSA) is 35.2 Å².